The van der Waals surface area contributed by atoms with Gasteiger partial charge < -0.3 is 20.4 Å². The van der Waals surface area contributed by atoms with E-state index in [2.05, 4.69) is 27.5 Å². The number of amides is 1. The summed E-state index contributed by atoms with van der Waals surface area (Å²) in [6.45, 7) is 8.20. The van der Waals surface area contributed by atoms with Crippen molar-refractivity contribution in [3.63, 3.8) is 0 Å². The summed E-state index contributed by atoms with van der Waals surface area (Å²) in [5, 5.41) is 6.02. The van der Waals surface area contributed by atoms with Gasteiger partial charge in [0.2, 0.25) is 5.91 Å². The van der Waals surface area contributed by atoms with E-state index in [0.717, 1.165) is 37.4 Å². The molecule has 5 nitrogen and oxygen atoms in total. The van der Waals surface area contributed by atoms with Crippen LogP contribution in [0, 0.1) is 11.7 Å². The van der Waals surface area contributed by atoms with Crippen LogP contribution in [-0.2, 0) is 4.79 Å². The Morgan fingerprint density at radius 1 is 1.25 bits per heavy atom. The molecule has 1 aliphatic rings. The topological polar surface area (TPSA) is 47.6 Å². The highest BCUT2D eigenvalue weighted by Crippen LogP contribution is 2.28. The number of anilines is 1. The molecular formula is C18H29FN4O. The first-order chi connectivity index (χ1) is 11.4. The largest absolute Gasteiger partial charge is 0.369 e. The summed E-state index contributed by atoms with van der Waals surface area (Å²) < 4.78 is 13.8. The van der Waals surface area contributed by atoms with Gasteiger partial charge >= 0.3 is 0 Å². The molecule has 2 atom stereocenters. The number of benzene rings is 1. The second-order valence-electron chi connectivity index (χ2n) is 6.68. The van der Waals surface area contributed by atoms with E-state index in [-0.39, 0.29) is 23.7 Å². The van der Waals surface area contributed by atoms with Crippen LogP contribution in [-0.4, -0.2) is 57.6 Å². The van der Waals surface area contributed by atoms with Crippen LogP contribution in [0.25, 0.3) is 0 Å². The Morgan fingerprint density at radius 2 is 1.92 bits per heavy atom. The molecule has 1 aromatic carbocycles. The zero-order chi connectivity index (χ0) is 17.7. The molecule has 1 aromatic rings. The van der Waals surface area contributed by atoms with Gasteiger partial charge in [-0.1, -0.05) is 6.92 Å². The van der Waals surface area contributed by atoms with Crippen LogP contribution in [0.3, 0.4) is 0 Å². The zero-order valence-electron chi connectivity index (χ0n) is 15.1. The SMILES string of the molecule is CNCC(C)C(=O)NC(C)c1cc(F)ccc1N1CCN(C)CC1. The molecule has 0 radical (unpaired) electrons. The molecule has 1 heterocycles. The van der Waals surface area contributed by atoms with Gasteiger partial charge in [0.15, 0.2) is 0 Å². The average molecular weight is 336 g/mol. The lowest BCUT2D eigenvalue weighted by atomic mass is 10.0. The van der Waals surface area contributed by atoms with Crippen LogP contribution in [0.4, 0.5) is 10.1 Å². The van der Waals surface area contributed by atoms with E-state index in [0.29, 0.717) is 6.54 Å². The monoisotopic (exact) mass is 336 g/mol. The standard InChI is InChI=1S/C18H29FN4O/c1-13(12-20-3)18(24)21-14(2)16-11-15(19)5-6-17(16)23-9-7-22(4)8-10-23/h5-6,11,13-14,20H,7-10,12H2,1-4H3,(H,21,24). The molecule has 0 aliphatic carbocycles. The van der Waals surface area contributed by atoms with Gasteiger partial charge in [-0.2, -0.15) is 0 Å². The first-order valence-electron chi connectivity index (χ1n) is 8.60. The van der Waals surface area contributed by atoms with Crippen LogP contribution in [0.2, 0.25) is 0 Å². The molecule has 1 fully saturated rings. The van der Waals surface area contributed by atoms with Crippen molar-refractivity contribution >= 4 is 11.6 Å². The van der Waals surface area contributed by atoms with Crippen LogP contribution >= 0.6 is 0 Å². The average Bonchev–Trinajstić information content (AvgIpc) is 2.56. The van der Waals surface area contributed by atoms with Gasteiger partial charge in [0.25, 0.3) is 0 Å². The van der Waals surface area contributed by atoms with Gasteiger partial charge in [0.1, 0.15) is 5.82 Å². The lowest BCUT2D eigenvalue weighted by Crippen LogP contribution is -2.45. The number of piperazine rings is 1. The molecule has 6 heteroatoms. The maximum Gasteiger partial charge on any atom is 0.224 e. The van der Waals surface area contributed by atoms with Crippen LogP contribution in [0.1, 0.15) is 25.5 Å². The molecule has 2 N–H and O–H groups in total. The van der Waals surface area contributed by atoms with E-state index in [4.69, 9.17) is 0 Å². The summed E-state index contributed by atoms with van der Waals surface area (Å²) in [7, 11) is 3.93. The minimum atomic E-state index is -0.271. The molecular weight excluding hydrogens is 307 g/mol. The number of halogens is 1. The number of likely N-dealkylation sites (N-methyl/N-ethyl adjacent to an activating group) is 1. The summed E-state index contributed by atoms with van der Waals surface area (Å²) in [6, 6.07) is 4.63. The first-order valence-corrected chi connectivity index (χ1v) is 8.60. The smallest absolute Gasteiger partial charge is 0.224 e. The third kappa shape index (κ3) is 4.68. The third-order valence-corrected chi connectivity index (χ3v) is 4.62. The molecule has 2 rings (SSSR count). The van der Waals surface area contributed by atoms with Gasteiger partial charge in [0.05, 0.1) is 6.04 Å². The number of nitrogens with one attached hydrogen (secondary N) is 2. The normalized spacial score (nSPS) is 18.3. The number of hydrogen-bond donors (Lipinski definition) is 2. The number of nitrogens with zero attached hydrogens (tertiary/aromatic N) is 2. The summed E-state index contributed by atoms with van der Waals surface area (Å²) in [5.74, 6) is -0.421. The highest BCUT2D eigenvalue weighted by atomic mass is 19.1. The Hall–Kier alpha value is -1.66. The van der Waals surface area contributed by atoms with Crippen molar-refractivity contribution in [2.75, 3.05) is 51.7 Å². The van der Waals surface area contributed by atoms with Crippen molar-refractivity contribution in [3.05, 3.63) is 29.6 Å². The fraction of sp³-hybridized carbons (Fsp3) is 0.611. The Balaban J connectivity index is 2.15. The van der Waals surface area contributed by atoms with Gasteiger partial charge in [-0.3, -0.25) is 4.79 Å². The van der Waals surface area contributed by atoms with Crippen molar-refractivity contribution in [1.29, 1.82) is 0 Å². The molecule has 1 saturated heterocycles. The quantitative estimate of drug-likeness (QED) is 0.829. The molecule has 0 bridgehead atoms. The third-order valence-electron chi connectivity index (χ3n) is 4.62. The predicted octanol–water partition coefficient (Wildman–Crippen LogP) is 1.61. The molecule has 0 aromatic heterocycles. The molecule has 1 aliphatic heterocycles. The Morgan fingerprint density at radius 3 is 2.54 bits per heavy atom. The van der Waals surface area contributed by atoms with E-state index < -0.39 is 0 Å². The highest BCUT2D eigenvalue weighted by molar-refractivity contribution is 5.79. The highest BCUT2D eigenvalue weighted by Gasteiger charge is 2.22. The summed E-state index contributed by atoms with van der Waals surface area (Å²) in [4.78, 5) is 16.8. The lowest BCUT2D eigenvalue weighted by molar-refractivity contribution is -0.125. The minimum absolute atomic E-state index is 0.0227. The maximum atomic E-state index is 13.8. The van der Waals surface area contributed by atoms with Crippen LogP contribution in [0.15, 0.2) is 18.2 Å². The molecule has 0 spiro atoms. The van der Waals surface area contributed by atoms with Crippen molar-refractivity contribution in [3.8, 4) is 0 Å². The number of carbonyl (C=O) groups is 1. The lowest BCUT2D eigenvalue weighted by Gasteiger charge is -2.36. The van der Waals surface area contributed by atoms with E-state index in [1.54, 1.807) is 6.07 Å². The zero-order valence-corrected chi connectivity index (χ0v) is 15.1. The molecule has 2 unspecified atom stereocenters. The Labute approximate surface area is 144 Å². The van der Waals surface area contributed by atoms with E-state index in [1.165, 1.54) is 6.07 Å². The van der Waals surface area contributed by atoms with Crippen molar-refractivity contribution in [2.24, 2.45) is 5.92 Å². The van der Waals surface area contributed by atoms with Crippen molar-refractivity contribution < 1.29 is 9.18 Å². The predicted molar refractivity (Wildman–Crippen MR) is 95.8 cm³/mol. The number of rotatable bonds is 6. The van der Waals surface area contributed by atoms with Gasteiger partial charge in [-0.15, -0.1) is 0 Å². The summed E-state index contributed by atoms with van der Waals surface area (Å²) in [5.41, 5.74) is 1.85. The van der Waals surface area contributed by atoms with Crippen LogP contribution < -0.4 is 15.5 Å². The molecule has 1 amide bonds. The molecule has 24 heavy (non-hydrogen) atoms. The van der Waals surface area contributed by atoms with Gasteiger partial charge in [-0.05, 0) is 39.2 Å². The fourth-order valence-electron chi connectivity index (χ4n) is 3.04. The Bertz CT molecular complexity index is 558. The minimum Gasteiger partial charge on any atom is -0.369 e. The first kappa shape index (κ1) is 18.7. The molecule has 134 valence electrons. The van der Waals surface area contributed by atoms with Gasteiger partial charge in [0, 0.05) is 49.9 Å². The summed E-state index contributed by atoms with van der Waals surface area (Å²) in [6.07, 6.45) is 0. The van der Waals surface area contributed by atoms with E-state index >= 15 is 0 Å². The van der Waals surface area contributed by atoms with E-state index in [1.807, 2.05) is 27.0 Å². The van der Waals surface area contributed by atoms with Gasteiger partial charge in [-0.25, -0.2) is 4.39 Å². The fourth-order valence-corrected chi connectivity index (χ4v) is 3.04. The van der Waals surface area contributed by atoms with Crippen molar-refractivity contribution in [2.45, 2.75) is 19.9 Å². The Kier molecular flexibility index (Phi) is 6.57. The molecule has 0 saturated carbocycles. The van der Waals surface area contributed by atoms with Crippen molar-refractivity contribution in [1.82, 2.24) is 15.5 Å². The second kappa shape index (κ2) is 8.44. The summed E-state index contributed by atoms with van der Waals surface area (Å²) >= 11 is 0. The number of hydrogen-bond acceptors (Lipinski definition) is 4. The maximum absolute atomic E-state index is 13.8. The second-order valence-corrected chi connectivity index (χ2v) is 6.68. The van der Waals surface area contributed by atoms with E-state index in [9.17, 15) is 9.18 Å². The van der Waals surface area contributed by atoms with Crippen LogP contribution in [0.5, 0.6) is 0 Å². The number of carbonyl (C=O) groups excluding carboxylic acids is 1.